The third kappa shape index (κ3) is 4.75. The van der Waals surface area contributed by atoms with Crippen LogP contribution in [0.4, 0.5) is 5.13 Å². The third-order valence-electron chi connectivity index (χ3n) is 6.93. The number of anilines is 1. The molecule has 10 nitrogen and oxygen atoms in total. The normalized spacial score (nSPS) is 17.5. The fourth-order valence-electron chi connectivity index (χ4n) is 5.07. The van der Waals surface area contributed by atoms with Gasteiger partial charge in [-0.05, 0) is 67.9 Å². The van der Waals surface area contributed by atoms with Crippen LogP contribution in [0, 0.1) is 0 Å². The first kappa shape index (κ1) is 27.4. The minimum absolute atomic E-state index is 0.0860. The standard InChI is InChI=1S/C31H28N2O8S/c1-4-38-19-8-9-20-25(16-19)42-31(32-20)33-27(17-6-10-21(39-5-2)23(14-17)37-3)26(29(35)30(33)36)28(34)18-7-11-22-24(15-18)41-13-12-40-22/h6-11,14-16,27,34H,4-5,12-13H2,1-3H3. The van der Waals surface area contributed by atoms with Gasteiger partial charge in [0.2, 0.25) is 0 Å². The summed E-state index contributed by atoms with van der Waals surface area (Å²) in [4.78, 5) is 33.4. The molecule has 3 heterocycles. The summed E-state index contributed by atoms with van der Waals surface area (Å²) in [5, 5.41) is 11.9. The zero-order valence-electron chi connectivity index (χ0n) is 23.2. The van der Waals surface area contributed by atoms with Crippen molar-refractivity contribution < 1.29 is 38.4 Å². The lowest BCUT2D eigenvalue weighted by Gasteiger charge is -2.24. The molecule has 1 fully saturated rings. The van der Waals surface area contributed by atoms with Gasteiger partial charge in [0.25, 0.3) is 5.78 Å². The maximum Gasteiger partial charge on any atom is 0.301 e. The number of aromatic nitrogens is 1. The number of carbonyl (C=O) groups is 2. The van der Waals surface area contributed by atoms with E-state index in [1.165, 1.54) is 23.3 Å². The predicted octanol–water partition coefficient (Wildman–Crippen LogP) is 5.50. The van der Waals surface area contributed by atoms with Crippen molar-refractivity contribution in [3.63, 3.8) is 0 Å². The Balaban J connectivity index is 1.53. The van der Waals surface area contributed by atoms with Gasteiger partial charge in [0.1, 0.15) is 24.7 Å². The Morgan fingerprint density at radius 1 is 0.976 bits per heavy atom. The van der Waals surface area contributed by atoms with Crippen LogP contribution < -0.4 is 28.6 Å². The number of methoxy groups -OCH3 is 1. The van der Waals surface area contributed by atoms with Gasteiger partial charge in [-0.25, -0.2) is 4.98 Å². The van der Waals surface area contributed by atoms with Crippen LogP contribution in [0.5, 0.6) is 28.7 Å². The molecule has 1 amide bonds. The third-order valence-corrected chi connectivity index (χ3v) is 7.95. The van der Waals surface area contributed by atoms with E-state index in [0.717, 1.165) is 4.70 Å². The van der Waals surface area contributed by atoms with Crippen molar-refractivity contribution in [3.8, 4) is 28.7 Å². The van der Waals surface area contributed by atoms with Gasteiger partial charge in [0, 0.05) is 5.56 Å². The highest BCUT2D eigenvalue weighted by molar-refractivity contribution is 7.22. The van der Waals surface area contributed by atoms with E-state index >= 15 is 0 Å². The molecule has 6 rings (SSSR count). The number of aliphatic hydroxyl groups is 1. The largest absolute Gasteiger partial charge is 0.507 e. The van der Waals surface area contributed by atoms with Crippen molar-refractivity contribution in [1.82, 2.24) is 4.98 Å². The number of thiazole rings is 1. The van der Waals surface area contributed by atoms with E-state index in [9.17, 15) is 14.7 Å². The van der Waals surface area contributed by atoms with E-state index in [2.05, 4.69) is 4.98 Å². The van der Waals surface area contributed by atoms with Crippen molar-refractivity contribution in [2.45, 2.75) is 19.9 Å². The lowest BCUT2D eigenvalue weighted by Crippen LogP contribution is -2.29. The van der Waals surface area contributed by atoms with Crippen molar-refractivity contribution >= 4 is 44.1 Å². The summed E-state index contributed by atoms with van der Waals surface area (Å²) in [5.74, 6) is 0.590. The minimum atomic E-state index is -1.00. The van der Waals surface area contributed by atoms with Crippen LogP contribution in [0.15, 0.2) is 60.2 Å². The number of amides is 1. The van der Waals surface area contributed by atoms with Gasteiger partial charge in [-0.3, -0.25) is 14.5 Å². The molecular weight excluding hydrogens is 560 g/mol. The summed E-state index contributed by atoms with van der Waals surface area (Å²) in [6, 6.07) is 14.5. The van der Waals surface area contributed by atoms with Gasteiger partial charge in [-0.2, -0.15) is 0 Å². The van der Waals surface area contributed by atoms with Gasteiger partial charge in [-0.15, -0.1) is 0 Å². The van der Waals surface area contributed by atoms with Gasteiger partial charge in [0.05, 0.1) is 42.2 Å². The number of hydrogen-bond acceptors (Lipinski definition) is 10. The second-order valence-corrected chi connectivity index (χ2v) is 10.4. The van der Waals surface area contributed by atoms with E-state index in [0.29, 0.717) is 77.0 Å². The van der Waals surface area contributed by atoms with Gasteiger partial charge in [0.15, 0.2) is 28.1 Å². The van der Waals surface area contributed by atoms with Crippen molar-refractivity contribution in [3.05, 3.63) is 71.3 Å². The highest BCUT2D eigenvalue weighted by Crippen LogP contribution is 2.46. The first-order valence-corrected chi connectivity index (χ1v) is 14.3. The van der Waals surface area contributed by atoms with Crippen LogP contribution >= 0.6 is 11.3 Å². The number of carbonyl (C=O) groups excluding carboxylic acids is 2. The number of ether oxygens (including phenoxy) is 5. The molecule has 2 aliphatic rings. The Labute approximate surface area is 245 Å². The fourth-order valence-corrected chi connectivity index (χ4v) is 6.09. The summed E-state index contributed by atoms with van der Waals surface area (Å²) in [7, 11) is 1.51. The number of rotatable bonds is 8. The molecule has 0 bridgehead atoms. The van der Waals surface area contributed by atoms with E-state index in [4.69, 9.17) is 23.7 Å². The molecule has 2 aliphatic heterocycles. The maximum absolute atomic E-state index is 13.7. The lowest BCUT2D eigenvalue weighted by atomic mass is 9.95. The zero-order chi connectivity index (χ0) is 29.4. The second kappa shape index (κ2) is 11.2. The van der Waals surface area contributed by atoms with E-state index in [1.54, 1.807) is 48.5 Å². The molecule has 216 valence electrons. The predicted molar refractivity (Wildman–Crippen MR) is 157 cm³/mol. The molecule has 4 aromatic rings. The summed E-state index contributed by atoms with van der Waals surface area (Å²) in [6.07, 6.45) is 0. The fraction of sp³-hybridized carbons (Fsp3) is 0.258. The highest BCUT2D eigenvalue weighted by Gasteiger charge is 2.48. The van der Waals surface area contributed by atoms with Crippen LogP contribution in [0.1, 0.15) is 31.0 Å². The number of benzene rings is 3. The number of ketones is 1. The van der Waals surface area contributed by atoms with Gasteiger partial charge >= 0.3 is 5.91 Å². The molecule has 1 unspecified atom stereocenters. The smallest absolute Gasteiger partial charge is 0.301 e. The van der Waals surface area contributed by atoms with Crippen LogP contribution in [0.25, 0.3) is 16.0 Å². The molecule has 1 atom stereocenters. The van der Waals surface area contributed by atoms with E-state index < -0.39 is 17.7 Å². The number of aliphatic hydroxyl groups excluding tert-OH is 1. The molecule has 1 aromatic heterocycles. The number of nitrogens with zero attached hydrogens (tertiary/aromatic N) is 2. The van der Waals surface area contributed by atoms with Crippen LogP contribution in [-0.2, 0) is 9.59 Å². The molecule has 0 spiro atoms. The van der Waals surface area contributed by atoms with Crippen LogP contribution in [0.3, 0.4) is 0 Å². The van der Waals surface area contributed by atoms with Crippen molar-refractivity contribution in [1.29, 1.82) is 0 Å². The average molecular weight is 589 g/mol. The van der Waals surface area contributed by atoms with Gasteiger partial charge < -0.3 is 28.8 Å². The maximum atomic E-state index is 13.7. The topological polar surface area (TPSA) is 117 Å². The zero-order valence-corrected chi connectivity index (χ0v) is 24.0. The van der Waals surface area contributed by atoms with Gasteiger partial charge in [-0.1, -0.05) is 17.4 Å². The molecular formula is C31H28N2O8S. The monoisotopic (exact) mass is 588 g/mol. The number of fused-ring (bicyclic) bond motifs is 2. The number of Topliss-reactive ketones (excluding diaryl/α,β-unsaturated/α-hetero) is 1. The summed E-state index contributed by atoms with van der Waals surface area (Å²) < 4.78 is 29.0. The SMILES string of the molecule is CCOc1ccc2nc(N3C(=O)C(=O)C(=C(O)c4ccc5c(c4)OCCO5)C3c3ccc(OCC)c(OC)c3)sc2c1. The first-order valence-electron chi connectivity index (χ1n) is 13.5. The second-order valence-electron chi connectivity index (χ2n) is 9.43. The van der Waals surface area contributed by atoms with Crippen LogP contribution in [-0.4, -0.2) is 55.3 Å². The van der Waals surface area contributed by atoms with Crippen molar-refractivity contribution in [2.75, 3.05) is 38.4 Å². The Morgan fingerprint density at radius 2 is 1.76 bits per heavy atom. The highest BCUT2D eigenvalue weighted by atomic mass is 32.1. The summed E-state index contributed by atoms with van der Waals surface area (Å²) in [5.41, 5.74) is 1.40. The molecule has 1 N–H and O–H groups in total. The summed E-state index contributed by atoms with van der Waals surface area (Å²) in [6.45, 7) is 5.46. The Bertz CT molecular complexity index is 1730. The van der Waals surface area contributed by atoms with Crippen LogP contribution in [0.2, 0.25) is 0 Å². The minimum Gasteiger partial charge on any atom is -0.507 e. The Kier molecular flexibility index (Phi) is 7.34. The Hall–Kier alpha value is -4.77. The first-order chi connectivity index (χ1) is 20.4. The molecule has 0 saturated carbocycles. The quantitative estimate of drug-likeness (QED) is 0.162. The summed E-state index contributed by atoms with van der Waals surface area (Å²) >= 11 is 1.25. The lowest BCUT2D eigenvalue weighted by molar-refractivity contribution is -0.132. The molecule has 42 heavy (non-hydrogen) atoms. The Morgan fingerprint density at radius 3 is 2.52 bits per heavy atom. The molecule has 0 radical (unpaired) electrons. The molecule has 1 saturated heterocycles. The van der Waals surface area contributed by atoms with E-state index in [-0.39, 0.29) is 11.3 Å². The molecule has 0 aliphatic carbocycles. The van der Waals surface area contributed by atoms with E-state index in [1.807, 2.05) is 19.9 Å². The number of hydrogen-bond donors (Lipinski definition) is 1. The molecule has 3 aromatic carbocycles. The van der Waals surface area contributed by atoms with Crippen molar-refractivity contribution in [2.24, 2.45) is 0 Å². The average Bonchev–Trinajstić information content (AvgIpc) is 3.54. The molecule has 11 heteroatoms.